The highest BCUT2D eigenvalue weighted by molar-refractivity contribution is 5.26. The molecule has 0 radical (unpaired) electrons. The number of rotatable bonds is 2. The Bertz CT molecular complexity index is 361. The summed E-state index contributed by atoms with van der Waals surface area (Å²) in [7, 11) is 1.35. The molecule has 0 aromatic heterocycles. The molecule has 3 heteroatoms. The number of halogens is 1. The van der Waals surface area contributed by atoms with Crippen LogP contribution in [0.15, 0.2) is 23.0 Å². The van der Waals surface area contributed by atoms with Crippen LogP contribution in [-0.4, -0.2) is 7.11 Å². The van der Waals surface area contributed by atoms with Gasteiger partial charge in [0.1, 0.15) is 0 Å². The first-order valence-electron chi connectivity index (χ1n) is 4.05. The van der Waals surface area contributed by atoms with Gasteiger partial charge in [0, 0.05) is 0 Å². The normalized spacial score (nSPS) is 9.77. The SMILES string of the molecule is CCc1ccc(OC)c(=O)c(F)c1. The summed E-state index contributed by atoms with van der Waals surface area (Å²) >= 11 is 0. The zero-order valence-electron chi connectivity index (χ0n) is 7.63. The van der Waals surface area contributed by atoms with Gasteiger partial charge in [0.25, 0.3) is 5.43 Å². The predicted molar refractivity (Wildman–Crippen MR) is 48.6 cm³/mol. The molecule has 0 fully saturated rings. The van der Waals surface area contributed by atoms with Gasteiger partial charge in [-0.3, -0.25) is 4.79 Å². The largest absolute Gasteiger partial charge is 0.493 e. The van der Waals surface area contributed by atoms with E-state index in [1.807, 2.05) is 6.92 Å². The van der Waals surface area contributed by atoms with Crippen molar-refractivity contribution in [1.82, 2.24) is 0 Å². The van der Waals surface area contributed by atoms with E-state index in [0.29, 0.717) is 6.42 Å². The minimum atomic E-state index is -0.765. The number of ether oxygens (including phenoxy) is 1. The molecule has 0 amide bonds. The first-order chi connectivity index (χ1) is 6.19. The van der Waals surface area contributed by atoms with Crippen LogP contribution in [0.5, 0.6) is 5.75 Å². The van der Waals surface area contributed by atoms with Gasteiger partial charge in [-0.1, -0.05) is 13.0 Å². The van der Waals surface area contributed by atoms with Crippen LogP contribution >= 0.6 is 0 Å². The Morgan fingerprint density at radius 2 is 2.15 bits per heavy atom. The Morgan fingerprint density at radius 1 is 1.46 bits per heavy atom. The molecule has 0 aliphatic carbocycles. The van der Waals surface area contributed by atoms with E-state index in [1.165, 1.54) is 19.2 Å². The minimum Gasteiger partial charge on any atom is -0.493 e. The lowest BCUT2D eigenvalue weighted by atomic mass is 10.2. The van der Waals surface area contributed by atoms with E-state index in [0.717, 1.165) is 5.56 Å². The monoisotopic (exact) mass is 182 g/mol. The maximum Gasteiger partial charge on any atom is 0.255 e. The molecule has 0 aliphatic rings. The Balaban J connectivity index is 3.41. The zero-order chi connectivity index (χ0) is 9.84. The van der Waals surface area contributed by atoms with Crippen LogP contribution in [0.2, 0.25) is 0 Å². The van der Waals surface area contributed by atoms with Crippen LogP contribution in [-0.2, 0) is 6.42 Å². The molecule has 0 atom stereocenters. The molecule has 13 heavy (non-hydrogen) atoms. The van der Waals surface area contributed by atoms with Gasteiger partial charge in [-0.05, 0) is 24.1 Å². The van der Waals surface area contributed by atoms with E-state index in [1.54, 1.807) is 6.07 Å². The van der Waals surface area contributed by atoms with Gasteiger partial charge in [0.2, 0.25) is 0 Å². The lowest BCUT2D eigenvalue weighted by Crippen LogP contribution is -2.05. The van der Waals surface area contributed by atoms with Crippen molar-refractivity contribution in [2.24, 2.45) is 0 Å². The molecule has 0 spiro atoms. The smallest absolute Gasteiger partial charge is 0.255 e. The van der Waals surface area contributed by atoms with E-state index >= 15 is 0 Å². The highest BCUT2D eigenvalue weighted by Crippen LogP contribution is 2.06. The van der Waals surface area contributed by atoms with Gasteiger partial charge in [-0.2, -0.15) is 0 Å². The first kappa shape index (κ1) is 9.71. The van der Waals surface area contributed by atoms with Crippen molar-refractivity contribution in [3.8, 4) is 5.75 Å². The summed E-state index contributed by atoms with van der Waals surface area (Å²) in [6.45, 7) is 1.89. The third-order valence-corrected chi connectivity index (χ3v) is 1.83. The maximum absolute atomic E-state index is 13.1. The standard InChI is InChI=1S/C10H11FO2/c1-3-7-4-5-9(13-2)10(12)8(11)6-7/h4-6H,3H2,1-2H3. The van der Waals surface area contributed by atoms with Crippen LogP contribution in [0.4, 0.5) is 4.39 Å². The Kier molecular flexibility index (Phi) is 3.01. The molecule has 70 valence electrons. The van der Waals surface area contributed by atoms with Crippen molar-refractivity contribution in [3.05, 3.63) is 39.8 Å². The highest BCUT2D eigenvalue weighted by atomic mass is 19.1. The molecule has 0 heterocycles. The number of hydrogen-bond donors (Lipinski definition) is 0. The summed E-state index contributed by atoms with van der Waals surface area (Å²) in [6, 6.07) is 4.42. The number of hydrogen-bond acceptors (Lipinski definition) is 2. The van der Waals surface area contributed by atoms with Crippen LogP contribution in [0.3, 0.4) is 0 Å². The third kappa shape index (κ3) is 2.05. The van der Waals surface area contributed by atoms with E-state index in [2.05, 4.69) is 0 Å². The molecule has 0 aliphatic heterocycles. The fourth-order valence-corrected chi connectivity index (χ4v) is 1.03. The second-order valence-corrected chi connectivity index (χ2v) is 2.65. The maximum atomic E-state index is 13.1. The van der Waals surface area contributed by atoms with Gasteiger partial charge in [-0.15, -0.1) is 0 Å². The van der Waals surface area contributed by atoms with E-state index < -0.39 is 11.2 Å². The molecule has 0 N–H and O–H groups in total. The van der Waals surface area contributed by atoms with E-state index in [-0.39, 0.29) is 5.75 Å². The Labute approximate surface area is 76.0 Å². The average molecular weight is 182 g/mol. The minimum absolute atomic E-state index is 0.0391. The van der Waals surface area contributed by atoms with Crippen molar-refractivity contribution in [2.45, 2.75) is 13.3 Å². The van der Waals surface area contributed by atoms with Gasteiger partial charge in [0.05, 0.1) is 7.11 Å². The molecule has 0 unspecified atom stereocenters. The summed E-state index contributed by atoms with van der Waals surface area (Å²) in [4.78, 5) is 11.2. The molecular weight excluding hydrogens is 171 g/mol. The summed E-state index contributed by atoms with van der Waals surface area (Å²) < 4.78 is 17.8. The van der Waals surface area contributed by atoms with Crippen molar-refractivity contribution >= 4 is 0 Å². The highest BCUT2D eigenvalue weighted by Gasteiger charge is 2.03. The quantitative estimate of drug-likeness (QED) is 0.696. The molecule has 1 aromatic carbocycles. The lowest BCUT2D eigenvalue weighted by molar-refractivity contribution is 0.407. The topological polar surface area (TPSA) is 26.3 Å². The summed E-state index contributed by atoms with van der Waals surface area (Å²) in [5.41, 5.74) is 0.0834. The van der Waals surface area contributed by atoms with E-state index in [4.69, 9.17) is 4.74 Å². The predicted octanol–water partition coefficient (Wildman–Crippen LogP) is 1.76. The lowest BCUT2D eigenvalue weighted by Gasteiger charge is -1.90. The Morgan fingerprint density at radius 3 is 2.69 bits per heavy atom. The first-order valence-corrected chi connectivity index (χ1v) is 4.05. The Hall–Kier alpha value is -1.38. The molecule has 0 saturated carbocycles. The molecule has 2 nitrogen and oxygen atoms in total. The fourth-order valence-electron chi connectivity index (χ4n) is 1.03. The summed E-state index contributed by atoms with van der Waals surface area (Å²) in [5, 5.41) is 0. The molecule has 0 saturated heterocycles. The van der Waals surface area contributed by atoms with Gasteiger partial charge >= 0.3 is 0 Å². The zero-order valence-corrected chi connectivity index (χ0v) is 7.63. The van der Waals surface area contributed by atoms with Gasteiger partial charge < -0.3 is 4.74 Å². The van der Waals surface area contributed by atoms with Gasteiger partial charge in [-0.25, -0.2) is 4.39 Å². The molecule has 1 aromatic rings. The van der Waals surface area contributed by atoms with Crippen LogP contribution in [0.1, 0.15) is 12.5 Å². The molecular formula is C10H11FO2. The summed E-state index contributed by atoms with van der Waals surface area (Å²) in [5.74, 6) is -0.726. The molecule has 1 rings (SSSR count). The number of aryl methyl sites for hydroxylation is 1. The summed E-state index contributed by atoms with van der Waals surface area (Å²) in [6.07, 6.45) is 0.689. The van der Waals surface area contributed by atoms with Crippen molar-refractivity contribution in [3.63, 3.8) is 0 Å². The fraction of sp³-hybridized carbons (Fsp3) is 0.300. The van der Waals surface area contributed by atoms with E-state index in [9.17, 15) is 9.18 Å². The van der Waals surface area contributed by atoms with Crippen molar-refractivity contribution in [1.29, 1.82) is 0 Å². The van der Waals surface area contributed by atoms with Crippen LogP contribution < -0.4 is 10.2 Å². The van der Waals surface area contributed by atoms with Gasteiger partial charge in [0.15, 0.2) is 11.6 Å². The van der Waals surface area contributed by atoms with Crippen LogP contribution in [0.25, 0.3) is 0 Å². The average Bonchev–Trinajstić information content (AvgIpc) is 2.28. The van der Waals surface area contributed by atoms with Crippen molar-refractivity contribution < 1.29 is 9.13 Å². The van der Waals surface area contributed by atoms with Crippen LogP contribution in [0, 0.1) is 5.82 Å². The molecule has 0 bridgehead atoms. The third-order valence-electron chi connectivity index (χ3n) is 1.83. The second-order valence-electron chi connectivity index (χ2n) is 2.65. The van der Waals surface area contributed by atoms with Crippen molar-refractivity contribution in [2.75, 3.05) is 7.11 Å². The second kappa shape index (κ2) is 4.03. The number of methoxy groups -OCH3 is 1.